The summed E-state index contributed by atoms with van der Waals surface area (Å²) in [5.41, 5.74) is 0.589. The van der Waals surface area contributed by atoms with Gasteiger partial charge in [-0.1, -0.05) is 15.9 Å². The number of anilines is 1. The number of hydrogen-bond donors (Lipinski definition) is 1. The molecule has 1 rings (SSSR count). The lowest BCUT2D eigenvalue weighted by atomic mass is 10.2. The first-order valence-electron chi connectivity index (χ1n) is 3.30. The van der Waals surface area contributed by atoms with Crippen molar-refractivity contribution in [2.75, 3.05) is 4.72 Å². The highest BCUT2D eigenvalue weighted by molar-refractivity contribution is 7.87. The number of nitrogens with one attached hydrogen (secondary N) is 1. The average Bonchev–Trinajstić information content (AvgIpc) is 2.01. The molecule has 1 aromatic rings. The summed E-state index contributed by atoms with van der Waals surface area (Å²) in [6.07, 6.45) is 5.06. The standard InChI is InChI=1S/C8H6FNO2S/c1-2-7-4-3-5-8(6-7)10-13(9,11)12/h1,3-6,10H. The molecule has 0 atom stereocenters. The Bertz CT molecular complexity index is 447. The van der Waals surface area contributed by atoms with Gasteiger partial charge >= 0.3 is 10.4 Å². The number of benzene rings is 1. The molecule has 68 valence electrons. The molecule has 0 saturated carbocycles. The van der Waals surface area contributed by atoms with E-state index in [9.17, 15) is 12.3 Å². The van der Waals surface area contributed by atoms with E-state index in [4.69, 9.17) is 6.42 Å². The minimum absolute atomic E-state index is 0.109. The predicted molar refractivity (Wildman–Crippen MR) is 48.0 cm³/mol. The molecule has 0 spiro atoms. The van der Waals surface area contributed by atoms with Gasteiger partial charge in [0, 0.05) is 5.56 Å². The van der Waals surface area contributed by atoms with Crippen LogP contribution < -0.4 is 4.72 Å². The van der Waals surface area contributed by atoms with E-state index in [0.29, 0.717) is 5.56 Å². The molecule has 3 nitrogen and oxygen atoms in total. The summed E-state index contributed by atoms with van der Waals surface area (Å²) in [6.45, 7) is 0. The number of terminal acetylenes is 1. The van der Waals surface area contributed by atoms with Crippen LogP contribution in [0.15, 0.2) is 24.3 Å². The van der Waals surface area contributed by atoms with Crippen LogP contribution in [0.3, 0.4) is 0 Å². The molecule has 0 bridgehead atoms. The molecular formula is C8H6FNO2S. The summed E-state index contributed by atoms with van der Waals surface area (Å²) < 4.78 is 34.1. The van der Waals surface area contributed by atoms with Crippen LogP contribution in [-0.2, 0) is 10.4 Å². The van der Waals surface area contributed by atoms with Crippen LogP contribution in [0.4, 0.5) is 9.57 Å². The summed E-state index contributed by atoms with van der Waals surface area (Å²) in [5, 5.41) is 0. The van der Waals surface area contributed by atoms with Gasteiger partial charge in [0.1, 0.15) is 0 Å². The largest absolute Gasteiger partial charge is 0.396 e. The van der Waals surface area contributed by atoms with Crippen LogP contribution in [0.25, 0.3) is 0 Å². The molecule has 1 N–H and O–H groups in total. The first-order valence-corrected chi connectivity index (χ1v) is 4.69. The Morgan fingerprint density at radius 2 is 2.15 bits per heavy atom. The van der Waals surface area contributed by atoms with Gasteiger partial charge in [-0.05, 0) is 18.2 Å². The second kappa shape index (κ2) is 3.46. The quantitative estimate of drug-likeness (QED) is 0.576. The van der Waals surface area contributed by atoms with E-state index in [0.717, 1.165) is 0 Å². The maximum atomic E-state index is 12.1. The zero-order valence-electron chi connectivity index (χ0n) is 6.49. The average molecular weight is 199 g/mol. The van der Waals surface area contributed by atoms with Crippen molar-refractivity contribution in [1.29, 1.82) is 0 Å². The maximum Gasteiger partial charge on any atom is 0.396 e. The van der Waals surface area contributed by atoms with Crippen molar-refractivity contribution in [1.82, 2.24) is 0 Å². The molecule has 0 aliphatic heterocycles. The Kier molecular flexibility index (Phi) is 2.54. The Morgan fingerprint density at radius 1 is 1.46 bits per heavy atom. The van der Waals surface area contributed by atoms with Crippen LogP contribution in [0, 0.1) is 12.3 Å². The van der Waals surface area contributed by atoms with Gasteiger partial charge in [0.05, 0.1) is 5.69 Å². The highest BCUT2D eigenvalue weighted by Crippen LogP contribution is 2.11. The zero-order chi connectivity index (χ0) is 9.90. The summed E-state index contributed by atoms with van der Waals surface area (Å²) in [6, 6.07) is 5.90. The monoisotopic (exact) mass is 199 g/mol. The van der Waals surface area contributed by atoms with Gasteiger partial charge in [-0.3, -0.25) is 4.72 Å². The number of rotatable bonds is 2. The van der Waals surface area contributed by atoms with Crippen LogP contribution in [0.5, 0.6) is 0 Å². The van der Waals surface area contributed by atoms with Gasteiger partial charge in [0.25, 0.3) is 0 Å². The molecule has 1 aromatic carbocycles. The Morgan fingerprint density at radius 3 is 2.69 bits per heavy atom. The first-order chi connectivity index (χ1) is 6.01. The van der Waals surface area contributed by atoms with Crippen LogP contribution >= 0.6 is 0 Å². The first kappa shape index (κ1) is 9.55. The third-order valence-electron chi connectivity index (χ3n) is 1.27. The summed E-state index contributed by atoms with van der Waals surface area (Å²) in [5.74, 6) is 2.30. The van der Waals surface area contributed by atoms with Crippen LogP contribution in [0.1, 0.15) is 5.56 Å². The fraction of sp³-hybridized carbons (Fsp3) is 0. The third kappa shape index (κ3) is 3.13. The lowest BCUT2D eigenvalue weighted by Gasteiger charge is -2.00. The third-order valence-corrected chi connectivity index (χ3v) is 1.75. The predicted octanol–water partition coefficient (Wildman–Crippen LogP) is 1.29. The van der Waals surface area contributed by atoms with Gasteiger partial charge in [0.15, 0.2) is 0 Å². The van der Waals surface area contributed by atoms with Crippen molar-refractivity contribution in [2.45, 2.75) is 0 Å². The second-order valence-electron chi connectivity index (χ2n) is 2.27. The number of hydrogen-bond acceptors (Lipinski definition) is 2. The van der Waals surface area contributed by atoms with E-state index in [2.05, 4.69) is 5.92 Å². The van der Waals surface area contributed by atoms with E-state index >= 15 is 0 Å². The van der Waals surface area contributed by atoms with Crippen molar-refractivity contribution in [2.24, 2.45) is 0 Å². The summed E-state index contributed by atoms with van der Waals surface area (Å²) in [4.78, 5) is 0. The van der Waals surface area contributed by atoms with Crippen molar-refractivity contribution < 1.29 is 12.3 Å². The minimum Gasteiger partial charge on any atom is -0.257 e. The highest BCUT2D eigenvalue weighted by Gasteiger charge is 2.05. The Labute approximate surface area is 75.9 Å². The maximum absolute atomic E-state index is 12.1. The minimum atomic E-state index is -4.72. The van der Waals surface area contributed by atoms with Crippen LogP contribution in [-0.4, -0.2) is 8.42 Å². The summed E-state index contributed by atoms with van der Waals surface area (Å²) in [7, 11) is -4.72. The van der Waals surface area contributed by atoms with Gasteiger partial charge < -0.3 is 0 Å². The molecule has 0 amide bonds. The lowest BCUT2D eigenvalue weighted by Crippen LogP contribution is -2.05. The molecule has 0 fully saturated rings. The molecule has 13 heavy (non-hydrogen) atoms. The molecule has 0 unspecified atom stereocenters. The molecule has 5 heteroatoms. The Hall–Kier alpha value is -1.54. The molecular weight excluding hydrogens is 193 g/mol. The van der Waals surface area contributed by atoms with Gasteiger partial charge in [-0.25, -0.2) is 0 Å². The lowest BCUT2D eigenvalue weighted by molar-refractivity contribution is 0.558. The molecule has 0 aliphatic rings. The van der Waals surface area contributed by atoms with E-state index < -0.39 is 10.4 Å². The van der Waals surface area contributed by atoms with Crippen LogP contribution in [0.2, 0.25) is 0 Å². The normalized spacial score (nSPS) is 10.5. The molecule has 0 saturated heterocycles. The fourth-order valence-electron chi connectivity index (χ4n) is 0.813. The van der Waals surface area contributed by atoms with Crippen molar-refractivity contribution in [3.8, 4) is 12.3 Å². The second-order valence-corrected chi connectivity index (χ2v) is 3.34. The van der Waals surface area contributed by atoms with E-state index in [1.54, 1.807) is 10.8 Å². The fourth-order valence-corrected chi connectivity index (χ4v) is 1.22. The molecule has 0 heterocycles. The van der Waals surface area contributed by atoms with Crippen molar-refractivity contribution in [3.05, 3.63) is 29.8 Å². The van der Waals surface area contributed by atoms with Gasteiger partial charge in [-0.15, -0.1) is 6.42 Å². The number of halogens is 1. The SMILES string of the molecule is C#Cc1cccc(NS(=O)(=O)F)c1. The Balaban J connectivity index is 2.99. The molecule has 0 aromatic heterocycles. The van der Waals surface area contributed by atoms with E-state index in [1.807, 2.05) is 0 Å². The topological polar surface area (TPSA) is 46.2 Å². The molecule has 0 aliphatic carbocycles. The van der Waals surface area contributed by atoms with Gasteiger partial charge in [0.2, 0.25) is 0 Å². The van der Waals surface area contributed by atoms with Crippen molar-refractivity contribution in [3.63, 3.8) is 0 Å². The zero-order valence-corrected chi connectivity index (χ0v) is 7.31. The van der Waals surface area contributed by atoms with E-state index in [-0.39, 0.29) is 5.69 Å². The van der Waals surface area contributed by atoms with Crippen molar-refractivity contribution >= 4 is 16.1 Å². The molecule has 0 radical (unpaired) electrons. The van der Waals surface area contributed by atoms with Gasteiger partial charge in [-0.2, -0.15) is 8.42 Å². The highest BCUT2D eigenvalue weighted by atomic mass is 32.3. The summed E-state index contributed by atoms with van der Waals surface area (Å²) >= 11 is 0. The van der Waals surface area contributed by atoms with E-state index in [1.165, 1.54) is 18.2 Å². The smallest absolute Gasteiger partial charge is 0.257 e.